The minimum absolute atomic E-state index is 0.0201. The molecule has 0 saturated heterocycles. The van der Waals surface area contributed by atoms with Crippen molar-refractivity contribution in [3.63, 3.8) is 0 Å². The van der Waals surface area contributed by atoms with E-state index in [0.717, 1.165) is 11.1 Å². The Balaban J connectivity index is 2.03. The molecule has 2 aromatic carbocycles. The second kappa shape index (κ2) is 8.92. The van der Waals surface area contributed by atoms with Crippen LogP contribution >= 0.6 is 0 Å². The highest BCUT2D eigenvalue weighted by molar-refractivity contribution is 6.10. The van der Waals surface area contributed by atoms with E-state index in [4.69, 9.17) is 14.2 Å². The van der Waals surface area contributed by atoms with Gasteiger partial charge in [-0.05, 0) is 43.2 Å². The van der Waals surface area contributed by atoms with Crippen molar-refractivity contribution in [3.05, 3.63) is 76.0 Å². The molecule has 0 saturated carbocycles. The van der Waals surface area contributed by atoms with E-state index in [9.17, 15) is 14.4 Å². The van der Waals surface area contributed by atoms with Gasteiger partial charge in [0.05, 0.1) is 26.4 Å². The Labute approximate surface area is 174 Å². The molecule has 0 aromatic heterocycles. The van der Waals surface area contributed by atoms with Gasteiger partial charge in [0.1, 0.15) is 12.4 Å². The Morgan fingerprint density at radius 3 is 2.27 bits per heavy atom. The van der Waals surface area contributed by atoms with Crippen LogP contribution in [0.15, 0.2) is 53.7 Å². The van der Waals surface area contributed by atoms with Crippen LogP contribution in [-0.4, -0.2) is 45.3 Å². The third kappa shape index (κ3) is 4.11. The zero-order chi connectivity index (χ0) is 21.8. The van der Waals surface area contributed by atoms with Crippen LogP contribution in [0.4, 0.5) is 5.69 Å². The van der Waals surface area contributed by atoms with Gasteiger partial charge in [-0.1, -0.05) is 24.3 Å². The molecule has 7 heteroatoms. The fourth-order valence-electron chi connectivity index (χ4n) is 3.21. The van der Waals surface area contributed by atoms with Crippen LogP contribution < -0.4 is 4.90 Å². The molecule has 0 aliphatic carbocycles. The van der Waals surface area contributed by atoms with E-state index >= 15 is 0 Å². The predicted octanol–water partition coefficient (Wildman–Crippen LogP) is 2.93. The smallest absolute Gasteiger partial charge is 0.355 e. The fourth-order valence-corrected chi connectivity index (χ4v) is 3.21. The van der Waals surface area contributed by atoms with Gasteiger partial charge in [-0.3, -0.25) is 4.79 Å². The molecule has 1 aliphatic heterocycles. The number of rotatable bonds is 5. The van der Waals surface area contributed by atoms with E-state index < -0.39 is 11.9 Å². The van der Waals surface area contributed by atoms with Gasteiger partial charge in [0.2, 0.25) is 0 Å². The summed E-state index contributed by atoms with van der Waals surface area (Å²) in [5.74, 6) is -1.51. The average molecular weight is 409 g/mol. The Morgan fingerprint density at radius 1 is 0.900 bits per heavy atom. The molecule has 0 fully saturated rings. The third-order valence-corrected chi connectivity index (χ3v) is 5.02. The monoisotopic (exact) mass is 409 g/mol. The molecule has 30 heavy (non-hydrogen) atoms. The zero-order valence-corrected chi connectivity index (χ0v) is 17.4. The van der Waals surface area contributed by atoms with Crippen LogP contribution in [0.3, 0.4) is 0 Å². The number of aryl methyl sites for hydroxylation is 2. The molecular weight excluding hydrogens is 386 g/mol. The Morgan fingerprint density at radius 2 is 1.60 bits per heavy atom. The summed E-state index contributed by atoms with van der Waals surface area (Å²) < 4.78 is 15.1. The number of methoxy groups -OCH3 is 2. The summed E-state index contributed by atoms with van der Waals surface area (Å²) in [5.41, 5.74) is 3.77. The third-order valence-electron chi connectivity index (χ3n) is 5.02. The van der Waals surface area contributed by atoms with Crippen LogP contribution in [0.1, 0.15) is 27.0 Å². The Bertz CT molecular complexity index is 1040. The molecule has 0 unspecified atom stereocenters. The Hall–Kier alpha value is -3.45. The topological polar surface area (TPSA) is 82.1 Å². The summed E-state index contributed by atoms with van der Waals surface area (Å²) in [6, 6.07) is 12.3. The van der Waals surface area contributed by atoms with E-state index in [2.05, 4.69) is 0 Å². The number of hydrogen-bond acceptors (Lipinski definition) is 7. The van der Waals surface area contributed by atoms with Gasteiger partial charge in [-0.25, -0.2) is 9.59 Å². The molecule has 0 spiro atoms. The normalized spacial score (nSPS) is 13.8. The number of benzene rings is 2. The van der Waals surface area contributed by atoms with Crippen LogP contribution in [0.2, 0.25) is 0 Å². The first-order chi connectivity index (χ1) is 14.4. The molecule has 7 nitrogen and oxygen atoms in total. The summed E-state index contributed by atoms with van der Waals surface area (Å²) in [5, 5.41) is 0. The number of ketones is 1. The van der Waals surface area contributed by atoms with Crippen LogP contribution in [0.25, 0.3) is 0 Å². The molecule has 1 heterocycles. The summed E-state index contributed by atoms with van der Waals surface area (Å²) >= 11 is 0. The van der Waals surface area contributed by atoms with E-state index in [1.807, 2.05) is 26.0 Å². The maximum absolute atomic E-state index is 13.0. The molecular formula is C23H23NO6. The van der Waals surface area contributed by atoms with Crippen molar-refractivity contribution in [3.8, 4) is 0 Å². The van der Waals surface area contributed by atoms with E-state index in [0.29, 0.717) is 16.8 Å². The SMILES string of the molecule is COC(=O)C1=C(C(=O)OC)N(c2cccc(C(=O)c3ccc(C)c(C)c3)c2)COC1. The van der Waals surface area contributed by atoms with Gasteiger partial charge >= 0.3 is 11.9 Å². The highest BCUT2D eigenvalue weighted by Crippen LogP contribution is 2.28. The van der Waals surface area contributed by atoms with Gasteiger partial charge in [-0.2, -0.15) is 0 Å². The summed E-state index contributed by atoms with van der Waals surface area (Å²) in [7, 11) is 2.46. The lowest BCUT2D eigenvalue weighted by molar-refractivity contribution is -0.140. The Kier molecular flexibility index (Phi) is 6.32. The highest BCUT2D eigenvalue weighted by Gasteiger charge is 2.32. The molecule has 2 aromatic rings. The first kappa shape index (κ1) is 21.3. The number of carbonyl (C=O) groups is 3. The van der Waals surface area contributed by atoms with Crippen molar-refractivity contribution in [1.82, 2.24) is 0 Å². The minimum atomic E-state index is -0.690. The molecule has 0 atom stereocenters. The molecule has 0 bridgehead atoms. The van der Waals surface area contributed by atoms with Gasteiger partial charge < -0.3 is 19.1 Å². The standard InChI is InChI=1S/C23H23NO6/c1-14-8-9-17(10-15(14)2)21(25)16-6-5-7-18(11-16)24-13-30-12-19(22(26)28-3)20(24)23(27)29-4/h5-11H,12-13H2,1-4H3. The molecule has 1 aliphatic rings. The number of anilines is 1. The summed E-state index contributed by atoms with van der Waals surface area (Å²) in [6.07, 6.45) is 0. The predicted molar refractivity (Wildman–Crippen MR) is 110 cm³/mol. The number of esters is 2. The fraction of sp³-hybridized carbons (Fsp3) is 0.261. The zero-order valence-electron chi connectivity index (χ0n) is 17.4. The second-order valence-electron chi connectivity index (χ2n) is 6.89. The molecule has 0 amide bonds. The van der Waals surface area contributed by atoms with E-state index in [-0.39, 0.29) is 30.4 Å². The molecule has 0 radical (unpaired) electrons. The molecule has 0 N–H and O–H groups in total. The van der Waals surface area contributed by atoms with Gasteiger partial charge in [-0.15, -0.1) is 0 Å². The van der Waals surface area contributed by atoms with Gasteiger partial charge in [0.15, 0.2) is 5.78 Å². The summed E-state index contributed by atoms with van der Waals surface area (Å²) in [6.45, 7) is 3.89. The lowest BCUT2D eigenvalue weighted by atomic mass is 9.99. The second-order valence-corrected chi connectivity index (χ2v) is 6.89. The van der Waals surface area contributed by atoms with Crippen LogP contribution in [0, 0.1) is 13.8 Å². The first-order valence-electron chi connectivity index (χ1n) is 9.34. The quantitative estimate of drug-likeness (QED) is 0.555. The minimum Gasteiger partial charge on any atom is -0.466 e. The van der Waals surface area contributed by atoms with Gasteiger partial charge in [0, 0.05) is 16.8 Å². The average Bonchev–Trinajstić information content (AvgIpc) is 2.78. The van der Waals surface area contributed by atoms with Crippen molar-refractivity contribution in [2.24, 2.45) is 0 Å². The van der Waals surface area contributed by atoms with E-state index in [1.54, 1.807) is 30.3 Å². The lowest BCUT2D eigenvalue weighted by Gasteiger charge is -2.31. The number of hydrogen-bond donors (Lipinski definition) is 0. The highest BCUT2D eigenvalue weighted by atomic mass is 16.5. The maximum Gasteiger partial charge on any atom is 0.355 e. The number of nitrogens with zero attached hydrogens (tertiary/aromatic N) is 1. The first-order valence-corrected chi connectivity index (χ1v) is 9.34. The largest absolute Gasteiger partial charge is 0.466 e. The van der Waals surface area contributed by atoms with Crippen molar-refractivity contribution in [2.45, 2.75) is 13.8 Å². The molecule has 3 rings (SSSR count). The van der Waals surface area contributed by atoms with E-state index in [1.165, 1.54) is 19.1 Å². The number of carbonyl (C=O) groups excluding carboxylic acids is 3. The van der Waals surface area contributed by atoms with Crippen molar-refractivity contribution in [1.29, 1.82) is 0 Å². The maximum atomic E-state index is 13.0. The molecule has 156 valence electrons. The van der Waals surface area contributed by atoms with Crippen molar-refractivity contribution in [2.75, 3.05) is 32.5 Å². The van der Waals surface area contributed by atoms with Crippen molar-refractivity contribution >= 4 is 23.4 Å². The number of ether oxygens (including phenoxy) is 3. The van der Waals surface area contributed by atoms with Crippen molar-refractivity contribution < 1.29 is 28.6 Å². The van der Waals surface area contributed by atoms with Gasteiger partial charge in [0.25, 0.3) is 0 Å². The van der Waals surface area contributed by atoms with Crippen LogP contribution in [0.5, 0.6) is 0 Å². The van der Waals surface area contributed by atoms with Crippen LogP contribution in [-0.2, 0) is 23.8 Å². The summed E-state index contributed by atoms with van der Waals surface area (Å²) in [4.78, 5) is 39.1. The lowest BCUT2D eigenvalue weighted by Crippen LogP contribution is -2.38.